The molecule has 0 atom stereocenters. The van der Waals surface area contributed by atoms with Gasteiger partial charge < -0.3 is 10.6 Å². The maximum atomic E-state index is 12.8. The third kappa shape index (κ3) is 4.61. The minimum absolute atomic E-state index is 0.271. The summed E-state index contributed by atoms with van der Waals surface area (Å²) < 4.78 is 0. The molecule has 31 heavy (non-hydrogen) atoms. The summed E-state index contributed by atoms with van der Waals surface area (Å²) in [6.45, 7) is 3.92. The minimum atomic E-state index is -0.803. The Morgan fingerprint density at radius 3 is 2.35 bits per heavy atom. The second-order valence-electron chi connectivity index (χ2n) is 8.38. The Morgan fingerprint density at radius 2 is 1.68 bits per heavy atom. The number of carbonyl (C=O) groups is 3. The van der Waals surface area contributed by atoms with Gasteiger partial charge in [-0.2, -0.15) is 0 Å². The predicted octanol–water partition coefficient (Wildman–Crippen LogP) is 4.65. The number of carbonyl (C=O) groups excluding carboxylic acids is 3. The summed E-state index contributed by atoms with van der Waals surface area (Å²) in [6, 6.07) is 13.4. The molecule has 1 heterocycles. The topological polar surface area (TPSA) is 78.5 Å². The minimum Gasteiger partial charge on any atom is -0.325 e. The molecule has 1 spiro atoms. The highest BCUT2D eigenvalue weighted by Gasteiger charge is 2.51. The molecule has 7 heteroatoms. The van der Waals surface area contributed by atoms with Crippen LogP contribution in [0.15, 0.2) is 52.3 Å². The second-order valence-corrected chi connectivity index (χ2v) is 9.53. The van der Waals surface area contributed by atoms with E-state index in [9.17, 15) is 14.4 Å². The number of hydrogen-bond acceptors (Lipinski definition) is 4. The van der Waals surface area contributed by atoms with Gasteiger partial charge in [-0.05, 0) is 74.2 Å². The summed E-state index contributed by atoms with van der Waals surface area (Å²) in [5, 5.41) is 5.62. The van der Waals surface area contributed by atoms with Crippen LogP contribution in [0.3, 0.4) is 0 Å². The fourth-order valence-corrected chi connectivity index (χ4v) is 5.09. The third-order valence-corrected chi connectivity index (χ3v) is 7.10. The molecule has 6 nitrogen and oxygen atoms in total. The molecule has 1 aliphatic carbocycles. The van der Waals surface area contributed by atoms with Crippen LogP contribution in [-0.4, -0.2) is 34.8 Å². The van der Waals surface area contributed by atoms with Gasteiger partial charge in [0.2, 0.25) is 5.91 Å². The molecule has 2 aliphatic rings. The van der Waals surface area contributed by atoms with Crippen molar-refractivity contribution in [1.82, 2.24) is 10.2 Å². The molecule has 1 saturated carbocycles. The van der Waals surface area contributed by atoms with Crippen LogP contribution >= 0.6 is 11.8 Å². The van der Waals surface area contributed by atoms with Crippen molar-refractivity contribution >= 4 is 35.3 Å². The number of imide groups is 1. The number of amides is 4. The summed E-state index contributed by atoms with van der Waals surface area (Å²) in [4.78, 5) is 40.9. The van der Waals surface area contributed by atoms with E-state index in [0.29, 0.717) is 18.5 Å². The molecule has 162 valence electrons. The molecule has 1 saturated heterocycles. The summed E-state index contributed by atoms with van der Waals surface area (Å²) in [5.41, 5.74) is 2.35. The van der Waals surface area contributed by atoms with Gasteiger partial charge in [-0.3, -0.25) is 14.5 Å². The average molecular weight is 438 g/mol. The highest BCUT2D eigenvalue weighted by Crippen LogP contribution is 2.34. The van der Waals surface area contributed by atoms with Crippen molar-refractivity contribution in [2.75, 3.05) is 11.9 Å². The van der Waals surface area contributed by atoms with Crippen LogP contribution in [0.25, 0.3) is 0 Å². The molecule has 0 bridgehead atoms. The van der Waals surface area contributed by atoms with E-state index in [1.54, 1.807) is 11.8 Å². The van der Waals surface area contributed by atoms with Gasteiger partial charge in [0.25, 0.3) is 5.91 Å². The number of nitrogens with zero attached hydrogens (tertiary/aromatic N) is 1. The number of nitrogens with one attached hydrogen (secondary N) is 2. The van der Waals surface area contributed by atoms with Crippen LogP contribution in [0.1, 0.15) is 43.2 Å². The van der Waals surface area contributed by atoms with E-state index >= 15 is 0 Å². The van der Waals surface area contributed by atoms with Gasteiger partial charge in [0, 0.05) is 15.5 Å². The molecule has 4 amide bonds. The first kappa shape index (κ1) is 21.4. The monoisotopic (exact) mass is 437 g/mol. The number of anilines is 1. The third-order valence-electron chi connectivity index (χ3n) is 6.11. The Bertz CT molecular complexity index is 1010. The quantitative estimate of drug-likeness (QED) is 0.668. The Balaban J connectivity index is 1.35. The lowest BCUT2D eigenvalue weighted by Gasteiger charge is -2.30. The molecule has 0 radical (unpaired) electrons. The summed E-state index contributed by atoms with van der Waals surface area (Å²) in [7, 11) is 0. The van der Waals surface area contributed by atoms with Crippen LogP contribution in [0.2, 0.25) is 0 Å². The van der Waals surface area contributed by atoms with Crippen molar-refractivity contribution in [1.29, 1.82) is 0 Å². The Kier molecular flexibility index (Phi) is 6.05. The second kappa shape index (κ2) is 8.75. The van der Waals surface area contributed by atoms with E-state index in [-0.39, 0.29) is 18.4 Å². The highest BCUT2D eigenvalue weighted by atomic mass is 32.2. The average Bonchev–Trinajstić information content (AvgIpc) is 2.96. The molecule has 1 aliphatic heterocycles. The van der Waals surface area contributed by atoms with E-state index in [1.165, 1.54) is 11.1 Å². The maximum Gasteiger partial charge on any atom is 0.325 e. The summed E-state index contributed by atoms with van der Waals surface area (Å²) in [6.07, 6.45) is 4.20. The zero-order valence-corrected chi connectivity index (χ0v) is 18.7. The SMILES string of the molecule is Cc1ccc(Sc2ccc(NC(=O)CN3C(=O)NC4(CCCCC4)C3=O)cc2)cc1C. The molecular weight excluding hydrogens is 410 g/mol. The van der Waals surface area contributed by atoms with E-state index in [2.05, 4.69) is 42.7 Å². The molecular formula is C24H27N3O3S. The van der Waals surface area contributed by atoms with Crippen molar-refractivity contribution in [3.63, 3.8) is 0 Å². The Labute approximate surface area is 186 Å². The first-order chi connectivity index (χ1) is 14.9. The molecule has 2 N–H and O–H groups in total. The zero-order valence-electron chi connectivity index (χ0n) is 17.9. The first-order valence-corrected chi connectivity index (χ1v) is 11.5. The van der Waals surface area contributed by atoms with Gasteiger partial charge in [0.1, 0.15) is 12.1 Å². The molecule has 2 fully saturated rings. The molecule has 2 aromatic rings. The van der Waals surface area contributed by atoms with Gasteiger partial charge in [-0.1, -0.05) is 37.1 Å². The van der Waals surface area contributed by atoms with E-state index < -0.39 is 11.6 Å². The predicted molar refractivity (Wildman–Crippen MR) is 121 cm³/mol. The van der Waals surface area contributed by atoms with Gasteiger partial charge in [-0.15, -0.1) is 0 Å². The number of rotatable bonds is 5. The summed E-state index contributed by atoms with van der Waals surface area (Å²) in [5.74, 6) is -0.654. The largest absolute Gasteiger partial charge is 0.325 e. The zero-order chi connectivity index (χ0) is 22.0. The van der Waals surface area contributed by atoms with Crippen LogP contribution in [-0.2, 0) is 9.59 Å². The van der Waals surface area contributed by atoms with E-state index in [0.717, 1.165) is 34.0 Å². The smallest absolute Gasteiger partial charge is 0.325 e. The van der Waals surface area contributed by atoms with Gasteiger partial charge >= 0.3 is 6.03 Å². The molecule has 2 aromatic carbocycles. The van der Waals surface area contributed by atoms with Gasteiger partial charge in [-0.25, -0.2) is 4.79 Å². The van der Waals surface area contributed by atoms with Crippen LogP contribution in [0.5, 0.6) is 0 Å². The number of hydrogen-bond donors (Lipinski definition) is 2. The van der Waals surface area contributed by atoms with Crippen LogP contribution < -0.4 is 10.6 Å². The Hall–Kier alpha value is -2.80. The van der Waals surface area contributed by atoms with Crippen molar-refractivity contribution in [2.24, 2.45) is 0 Å². The lowest BCUT2D eigenvalue weighted by atomic mass is 9.82. The number of benzene rings is 2. The number of urea groups is 1. The summed E-state index contributed by atoms with van der Waals surface area (Å²) >= 11 is 1.66. The standard InChI is InChI=1S/C24H27N3O3S/c1-16-6-9-20(14-17(16)2)31-19-10-7-18(8-11-19)25-21(28)15-27-22(29)24(26-23(27)30)12-4-3-5-13-24/h6-11,14H,3-5,12-13,15H2,1-2H3,(H,25,28)(H,26,30). The normalized spacial score (nSPS) is 17.7. The van der Waals surface area contributed by atoms with Crippen LogP contribution in [0, 0.1) is 13.8 Å². The van der Waals surface area contributed by atoms with Crippen molar-refractivity contribution < 1.29 is 14.4 Å². The van der Waals surface area contributed by atoms with Crippen molar-refractivity contribution in [3.8, 4) is 0 Å². The van der Waals surface area contributed by atoms with Crippen molar-refractivity contribution in [3.05, 3.63) is 53.6 Å². The fraction of sp³-hybridized carbons (Fsp3) is 0.375. The maximum absolute atomic E-state index is 12.8. The Morgan fingerprint density at radius 1 is 1.00 bits per heavy atom. The lowest BCUT2D eigenvalue weighted by Crippen LogP contribution is -2.48. The fourth-order valence-electron chi connectivity index (χ4n) is 4.18. The highest BCUT2D eigenvalue weighted by molar-refractivity contribution is 7.99. The number of aryl methyl sites for hydroxylation is 2. The van der Waals surface area contributed by atoms with E-state index in [1.807, 2.05) is 24.3 Å². The molecule has 0 unspecified atom stereocenters. The van der Waals surface area contributed by atoms with Gasteiger partial charge in [0.15, 0.2) is 0 Å². The van der Waals surface area contributed by atoms with Gasteiger partial charge in [0.05, 0.1) is 0 Å². The first-order valence-electron chi connectivity index (χ1n) is 10.7. The van der Waals surface area contributed by atoms with E-state index in [4.69, 9.17) is 0 Å². The molecule has 0 aromatic heterocycles. The lowest BCUT2D eigenvalue weighted by molar-refractivity contribution is -0.134. The van der Waals surface area contributed by atoms with Crippen LogP contribution in [0.4, 0.5) is 10.5 Å². The van der Waals surface area contributed by atoms with Crippen molar-refractivity contribution in [2.45, 2.75) is 61.3 Å². The molecule has 4 rings (SSSR count).